The molecule has 152 valence electrons. The molecule has 3 rings (SSSR count). The first-order chi connectivity index (χ1) is 13.8. The first kappa shape index (κ1) is 20.9. The summed E-state index contributed by atoms with van der Waals surface area (Å²) in [5, 5.41) is 11.6. The molecule has 0 unspecified atom stereocenters. The fourth-order valence-corrected chi connectivity index (χ4v) is 3.81. The summed E-state index contributed by atoms with van der Waals surface area (Å²) in [6, 6.07) is 14.0. The van der Waals surface area contributed by atoms with Gasteiger partial charge in [-0.25, -0.2) is 4.68 Å². The molecule has 1 amide bonds. The van der Waals surface area contributed by atoms with Gasteiger partial charge in [-0.05, 0) is 37.8 Å². The molecule has 3 N–H and O–H groups in total. The third-order valence-corrected chi connectivity index (χ3v) is 5.86. The van der Waals surface area contributed by atoms with Crippen LogP contribution in [-0.2, 0) is 4.79 Å². The monoisotopic (exact) mass is 409 g/mol. The van der Waals surface area contributed by atoms with Crippen molar-refractivity contribution in [1.29, 1.82) is 0 Å². The molecule has 0 aliphatic heterocycles. The Hall–Kier alpha value is -2.80. The predicted molar refractivity (Wildman–Crippen MR) is 120 cm³/mol. The van der Waals surface area contributed by atoms with Gasteiger partial charge in [0.1, 0.15) is 0 Å². The second kappa shape index (κ2) is 8.69. The van der Waals surface area contributed by atoms with Crippen molar-refractivity contribution in [1.82, 2.24) is 14.9 Å². The number of aryl methyl sites for hydroxylation is 2. The number of nitrogen functional groups attached to an aromatic ring is 1. The van der Waals surface area contributed by atoms with Gasteiger partial charge in [0.05, 0.1) is 5.25 Å². The highest BCUT2D eigenvalue weighted by Gasteiger charge is 2.21. The molecule has 1 aromatic heterocycles. The molecule has 1 atom stereocenters. The second-order valence-corrected chi connectivity index (χ2v) is 8.79. The minimum atomic E-state index is -0.382. The van der Waals surface area contributed by atoms with E-state index in [0.29, 0.717) is 16.9 Å². The lowest BCUT2D eigenvalue weighted by atomic mass is 9.98. The summed E-state index contributed by atoms with van der Waals surface area (Å²) in [5.74, 6) is 7.00. The molecule has 3 aromatic rings. The van der Waals surface area contributed by atoms with E-state index in [2.05, 4.69) is 35.4 Å². The van der Waals surface area contributed by atoms with Crippen LogP contribution in [0.4, 0.5) is 5.69 Å². The number of nitrogens with zero attached hydrogens (tertiary/aromatic N) is 3. The Morgan fingerprint density at radius 2 is 1.76 bits per heavy atom. The van der Waals surface area contributed by atoms with Gasteiger partial charge in [0.2, 0.25) is 11.1 Å². The molecule has 6 nitrogen and oxygen atoms in total. The number of hydrogen-bond acceptors (Lipinski definition) is 5. The number of aromatic nitrogens is 3. The maximum atomic E-state index is 12.8. The van der Waals surface area contributed by atoms with E-state index in [1.807, 2.05) is 57.2 Å². The Balaban J connectivity index is 1.75. The smallest absolute Gasteiger partial charge is 0.237 e. The number of benzene rings is 2. The van der Waals surface area contributed by atoms with Gasteiger partial charge in [-0.15, -0.1) is 10.2 Å². The van der Waals surface area contributed by atoms with E-state index >= 15 is 0 Å². The lowest BCUT2D eigenvalue weighted by Crippen LogP contribution is -2.25. The lowest BCUT2D eigenvalue weighted by Gasteiger charge is -2.18. The number of anilines is 1. The number of para-hydroxylation sites is 1. The van der Waals surface area contributed by atoms with Gasteiger partial charge in [-0.3, -0.25) is 4.79 Å². The van der Waals surface area contributed by atoms with Crippen molar-refractivity contribution in [2.24, 2.45) is 0 Å². The van der Waals surface area contributed by atoms with Crippen LogP contribution in [0.15, 0.2) is 47.6 Å². The summed E-state index contributed by atoms with van der Waals surface area (Å²) in [5.41, 5.74) is 5.10. The third-order valence-electron chi connectivity index (χ3n) is 4.80. The molecule has 7 heteroatoms. The maximum Gasteiger partial charge on any atom is 0.237 e. The van der Waals surface area contributed by atoms with Crippen LogP contribution in [0.3, 0.4) is 0 Å². The van der Waals surface area contributed by atoms with Crippen molar-refractivity contribution in [3.05, 3.63) is 59.2 Å². The van der Waals surface area contributed by atoms with Crippen LogP contribution in [0.2, 0.25) is 0 Å². The number of carbonyl (C=O) groups excluding carboxylic acids is 1. The van der Waals surface area contributed by atoms with Gasteiger partial charge >= 0.3 is 0 Å². The summed E-state index contributed by atoms with van der Waals surface area (Å²) in [4.78, 5) is 12.8. The van der Waals surface area contributed by atoms with Crippen molar-refractivity contribution >= 4 is 23.4 Å². The molecule has 0 fully saturated rings. The van der Waals surface area contributed by atoms with Crippen LogP contribution in [0.25, 0.3) is 11.4 Å². The number of nitrogens with one attached hydrogen (secondary N) is 1. The number of rotatable bonds is 6. The summed E-state index contributed by atoms with van der Waals surface area (Å²) in [7, 11) is 0. The molecular weight excluding hydrogens is 382 g/mol. The molecule has 0 bridgehead atoms. The summed E-state index contributed by atoms with van der Waals surface area (Å²) in [6.45, 7) is 10.1. The number of nitrogens with two attached hydrogens (primary N) is 1. The first-order valence-electron chi connectivity index (χ1n) is 9.62. The van der Waals surface area contributed by atoms with Crippen molar-refractivity contribution in [2.75, 3.05) is 11.2 Å². The van der Waals surface area contributed by atoms with Gasteiger partial charge in [0, 0.05) is 11.3 Å². The standard InChI is InChI=1S/C22H27N5OS/c1-13(2)18-8-6-7-15(4)19(18)24-21(28)16(5)29-22-26-25-20(27(22)23)17-11-9-14(3)10-12-17/h6-13,16H,23H2,1-5H3,(H,24,28)/t16-/m0/s1. The maximum absolute atomic E-state index is 12.8. The Morgan fingerprint density at radius 1 is 1.07 bits per heavy atom. The topological polar surface area (TPSA) is 85.8 Å². The molecule has 2 aromatic carbocycles. The number of hydrogen-bond donors (Lipinski definition) is 2. The summed E-state index contributed by atoms with van der Waals surface area (Å²) in [6.07, 6.45) is 0. The number of carbonyl (C=O) groups is 1. The molecule has 0 saturated carbocycles. The third kappa shape index (κ3) is 4.62. The fourth-order valence-electron chi connectivity index (χ4n) is 3.04. The zero-order valence-electron chi connectivity index (χ0n) is 17.4. The lowest BCUT2D eigenvalue weighted by molar-refractivity contribution is -0.115. The summed E-state index contributed by atoms with van der Waals surface area (Å²) < 4.78 is 1.44. The van der Waals surface area contributed by atoms with E-state index in [-0.39, 0.29) is 11.2 Å². The average Bonchev–Trinajstić information content (AvgIpc) is 3.04. The Bertz CT molecular complexity index is 1010. The largest absolute Gasteiger partial charge is 0.335 e. The highest BCUT2D eigenvalue weighted by Crippen LogP contribution is 2.30. The van der Waals surface area contributed by atoms with E-state index in [0.717, 1.165) is 27.9 Å². The highest BCUT2D eigenvalue weighted by atomic mass is 32.2. The van der Waals surface area contributed by atoms with Gasteiger partial charge in [-0.2, -0.15) is 0 Å². The zero-order valence-corrected chi connectivity index (χ0v) is 18.2. The Morgan fingerprint density at radius 3 is 2.41 bits per heavy atom. The molecule has 1 heterocycles. The van der Waals surface area contributed by atoms with Crippen LogP contribution in [0.5, 0.6) is 0 Å². The zero-order chi connectivity index (χ0) is 21.1. The van der Waals surface area contributed by atoms with Crippen LogP contribution < -0.4 is 11.2 Å². The van der Waals surface area contributed by atoms with E-state index in [1.54, 1.807) is 0 Å². The van der Waals surface area contributed by atoms with Crippen molar-refractivity contribution < 1.29 is 4.79 Å². The van der Waals surface area contributed by atoms with Crippen molar-refractivity contribution in [3.8, 4) is 11.4 Å². The fraction of sp³-hybridized carbons (Fsp3) is 0.318. The Labute approximate surface area is 175 Å². The molecule has 0 aliphatic rings. The van der Waals surface area contributed by atoms with Crippen molar-refractivity contribution in [2.45, 2.75) is 50.9 Å². The minimum Gasteiger partial charge on any atom is -0.335 e. The first-order valence-corrected chi connectivity index (χ1v) is 10.5. The number of thioether (sulfide) groups is 1. The molecule has 0 aliphatic carbocycles. The molecular formula is C22H27N5OS. The highest BCUT2D eigenvalue weighted by molar-refractivity contribution is 8.00. The van der Waals surface area contributed by atoms with Crippen LogP contribution in [0.1, 0.15) is 43.4 Å². The van der Waals surface area contributed by atoms with Gasteiger partial charge in [0.25, 0.3) is 0 Å². The summed E-state index contributed by atoms with van der Waals surface area (Å²) >= 11 is 1.29. The van der Waals surface area contributed by atoms with Crippen molar-refractivity contribution in [3.63, 3.8) is 0 Å². The van der Waals surface area contributed by atoms with E-state index in [4.69, 9.17) is 5.84 Å². The van der Waals surface area contributed by atoms with Crippen LogP contribution >= 0.6 is 11.8 Å². The minimum absolute atomic E-state index is 0.0916. The Kier molecular flexibility index (Phi) is 6.27. The molecule has 29 heavy (non-hydrogen) atoms. The normalized spacial score (nSPS) is 12.2. The van der Waals surface area contributed by atoms with E-state index < -0.39 is 0 Å². The van der Waals surface area contributed by atoms with Gasteiger partial charge in [0.15, 0.2) is 5.82 Å². The van der Waals surface area contributed by atoms with Crippen LogP contribution in [0, 0.1) is 13.8 Å². The molecule has 0 radical (unpaired) electrons. The SMILES string of the molecule is Cc1ccc(-c2nnc(S[C@@H](C)C(=O)Nc3c(C)cccc3C(C)C)n2N)cc1. The van der Waals surface area contributed by atoms with E-state index in [9.17, 15) is 4.79 Å². The number of amides is 1. The molecule has 0 spiro atoms. The van der Waals surface area contributed by atoms with Gasteiger partial charge in [-0.1, -0.05) is 73.6 Å². The van der Waals surface area contributed by atoms with E-state index in [1.165, 1.54) is 16.4 Å². The van der Waals surface area contributed by atoms with Crippen LogP contribution in [-0.4, -0.2) is 26.0 Å². The second-order valence-electron chi connectivity index (χ2n) is 7.49. The predicted octanol–water partition coefficient (Wildman–Crippen LogP) is 4.52. The van der Waals surface area contributed by atoms with Gasteiger partial charge < -0.3 is 11.2 Å². The quantitative estimate of drug-likeness (QED) is 0.462. The molecule has 0 saturated heterocycles. The average molecular weight is 410 g/mol.